The van der Waals surface area contributed by atoms with Crippen molar-refractivity contribution in [2.24, 2.45) is 11.8 Å². The Labute approximate surface area is 83.1 Å². The average molecular weight is 194 g/mol. The summed E-state index contributed by atoms with van der Waals surface area (Å²) in [5.41, 5.74) is 0. The van der Waals surface area contributed by atoms with Gasteiger partial charge in [-0.1, -0.05) is 6.08 Å². The standard InChI is InChI=1S/C11H14O3/c1-2-3-9(12)13-8-5-6-4-7(8)11-10(6)14-11/h2,6-8,10-11H,1,3-5H2. The van der Waals surface area contributed by atoms with Gasteiger partial charge in [-0.15, -0.1) is 6.58 Å². The van der Waals surface area contributed by atoms with Gasteiger partial charge < -0.3 is 9.47 Å². The highest BCUT2D eigenvalue weighted by Crippen LogP contribution is 2.57. The molecule has 5 unspecified atom stereocenters. The monoisotopic (exact) mass is 194 g/mol. The molecule has 2 bridgehead atoms. The fraction of sp³-hybridized carbons (Fsp3) is 0.727. The van der Waals surface area contributed by atoms with Crippen molar-refractivity contribution in [1.29, 1.82) is 0 Å². The first-order chi connectivity index (χ1) is 6.79. The summed E-state index contributed by atoms with van der Waals surface area (Å²) in [6.45, 7) is 3.52. The largest absolute Gasteiger partial charge is 0.462 e. The fourth-order valence-electron chi connectivity index (χ4n) is 3.01. The summed E-state index contributed by atoms with van der Waals surface area (Å²) in [5.74, 6) is 1.00. The molecule has 2 saturated carbocycles. The zero-order chi connectivity index (χ0) is 9.71. The second-order valence-corrected chi connectivity index (χ2v) is 4.48. The van der Waals surface area contributed by atoms with Gasteiger partial charge in [0.1, 0.15) is 6.10 Å². The van der Waals surface area contributed by atoms with E-state index in [0.29, 0.717) is 30.5 Å². The van der Waals surface area contributed by atoms with E-state index in [1.54, 1.807) is 6.08 Å². The van der Waals surface area contributed by atoms with Gasteiger partial charge in [-0.3, -0.25) is 4.79 Å². The van der Waals surface area contributed by atoms with Crippen LogP contribution in [0.25, 0.3) is 0 Å². The first-order valence-corrected chi connectivity index (χ1v) is 5.25. The van der Waals surface area contributed by atoms with Crippen LogP contribution in [0.2, 0.25) is 0 Å². The van der Waals surface area contributed by atoms with Gasteiger partial charge in [0.15, 0.2) is 0 Å². The van der Waals surface area contributed by atoms with Crippen LogP contribution in [0.1, 0.15) is 19.3 Å². The summed E-state index contributed by atoms with van der Waals surface area (Å²) in [4.78, 5) is 11.3. The van der Waals surface area contributed by atoms with E-state index in [2.05, 4.69) is 6.58 Å². The molecule has 76 valence electrons. The molecular weight excluding hydrogens is 180 g/mol. The predicted octanol–water partition coefficient (Wildman–Crippen LogP) is 1.28. The molecule has 1 aliphatic heterocycles. The van der Waals surface area contributed by atoms with Gasteiger partial charge in [0.25, 0.3) is 0 Å². The van der Waals surface area contributed by atoms with Gasteiger partial charge in [-0.25, -0.2) is 0 Å². The molecule has 0 N–H and O–H groups in total. The summed E-state index contributed by atoms with van der Waals surface area (Å²) in [7, 11) is 0. The molecule has 0 aromatic heterocycles. The molecule has 3 heteroatoms. The highest BCUT2D eigenvalue weighted by atomic mass is 16.6. The van der Waals surface area contributed by atoms with E-state index < -0.39 is 0 Å². The van der Waals surface area contributed by atoms with Gasteiger partial charge in [0.2, 0.25) is 0 Å². The smallest absolute Gasteiger partial charge is 0.309 e. The Bertz CT molecular complexity index is 286. The van der Waals surface area contributed by atoms with Crippen LogP contribution in [0.4, 0.5) is 0 Å². The van der Waals surface area contributed by atoms with Crippen LogP contribution in [0.15, 0.2) is 12.7 Å². The van der Waals surface area contributed by atoms with E-state index >= 15 is 0 Å². The summed E-state index contributed by atoms with van der Waals surface area (Å²) >= 11 is 0. The van der Waals surface area contributed by atoms with Crippen molar-refractivity contribution in [3.05, 3.63) is 12.7 Å². The Kier molecular flexibility index (Phi) is 1.71. The normalized spacial score (nSPS) is 47.3. The number of hydrogen-bond donors (Lipinski definition) is 0. The minimum atomic E-state index is -0.144. The molecule has 0 spiro atoms. The van der Waals surface area contributed by atoms with Crippen LogP contribution in [0.5, 0.6) is 0 Å². The molecule has 3 rings (SSSR count). The lowest BCUT2D eigenvalue weighted by molar-refractivity contribution is -0.150. The third-order valence-corrected chi connectivity index (χ3v) is 3.63. The molecule has 0 amide bonds. The van der Waals surface area contributed by atoms with E-state index in [0.717, 1.165) is 6.42 Å². The van der Waals surface area contributed by atoms with Gasteiger partial charge >= 0.3 is 5.97 Å². The lowest BCUT2D eigenvalue weighted by Gasteiger charge is -2.19. The lowest BCUT2D eigenvalue weighted by Crippen LogP contribution is -2.28. The Morgan fingerprint density at radius 1 is 1.50 bits per heavy atom. The van der Waals surface area contributed by atoms with Crippen LogP contribution in [-0.2, 0) is 14.3 Å². The highest BCUT2D eigenvalue weighted by Gasteiger charge is 2.64. The molecule has 0 radical (unpaired) electrons. The molecule has 3 nitrogen and oxygen atoms in total. The van der Waals surface area contributed by atoms with Crippen LogP contribution >= 0.6 is 0 Å². The first kappa shape index (κ1) is 8.48. The van der Waals surface area contributed by atoms with Crippen molar-refractivity contribution < 1.29 is 14.3 Å². The van der Waals surface area contributed by atoms with Crippen molar-refractivity contribution in [3.63, 3.8) is 0 Å². The Morgan fingerprint density at radius 3 is 3.00 bits per heavy atom. The molecule has 2 aliphatic carbocycles. The average Bonchev–Trinajstić information content (AvgIpc) is 2.76. The summed E-state index contributed by atoms with van der Waals surface area (Å²) in [6, 6.07) is 0. The number of carbonyl (C=O) groups is 1. The maximum atomic E-state index is 11.3. The van der Waals surface area contributed by atoms with E-state index in [9.17, 15) is 4.79 Å². The number of ether oxygens (including phenoxy) is 2. The van der Waals surface area contributed by atoms with Gasteiger partial charge in [-0.05, 0) is 18.8 Å². The Balaban J connectivity index is 1.60. The number of fused-ring (bicyclic) bond motifs is 5. The maximum absolute atomic E-state index is 11.3. The van der Waals surface area contributed by atoms with Crippen molar-refractivity contribution in [3.8, 4) is 0 Å². The number of hydrogen-bond acceptors (Lipinski definition) is 3. The number of carbonyl (C=O) groups excluding carboxylic acids is 1. The third kappa shape index (κ3) is 1.12. The fourth-order valence-corrected chi connectivity index (χ4v) is 3.01. The minimum absolute atomic E-state index is 0.121. The summed E-state index contributed by atoms with van der Waals surface area (Å²) in [5, 5.41) is 0. The second kappa shape index (κ2) is 2.83. The lowest BCUT2D eigenvalue weighted by atomic mass is 9.98. The zero-order valence-electron chi connectivity index (χ0n) is 8.02. The minimum Gasteiger partial charge on any atom is -0.462 e. The van der Waals surface area contributed by atoms with Crippen LogP contribution < -0.4 is 0 Å². The molecule has 0 aromatic rings. The van der Waals surface area contributed by atoms with Crippen molar-refractivity contribution in [1.82, 2.24) is 0 Å². The molecular formula is C11H14O3. The molecule has 14 heavy (non-hydrogen) atoms. The second-order valence-electron chi connectivity index (χ2n) is 4.48. The van der Waals surface area contributed by atoms with Crippen LogP contribution in [0, 0.1) is 11.8 Å². The third-order valence-electron chi connectivity index (χ3n) is 3.63. The van der Waals surface area contributed by atoms with Crippen molar-refractivity contribution >= 4 is 5.97 Å². The number of epoxide rings is 1. The van der Waals surface area contributed by atoms with E-state index in [4.69, 9.17) is 9.47 Å². The Hall–Kier alpha value is -0.830. The number of rotatable bonds is 3. The predicted molar refractivity (Wildman–Crippen MR) is 49.6 cm³/mol. The van der Waals surface area contributed by atoms with Crippen molar-refractivity contribution in [2.45, 2.75) is 37.6 Å². The number of esters is 1. The zero-order valence-corrected chi connectivity index (χ0v) is 8.02. The van der Waals surface area contributed by atoms with Gasteiger partial charge in [0.05, 0.1) is 18.6 Å². The summed E-state index contributed by atoms with van der Waals surface area (Å²) < 4.78 is 10.9. The van der Waals surface area contributed by atoms with Gasteiger partial charge in [0, 0.05) is 5.92 Å². The topological polar surface area (TPSA) is 38.8 Å². The molecule has 3 fully saturated rings. The van der Waals surface area contributed by atoms with Crippen LogP contribution in [0.3, 0.4) is 0 Å². The quantitative estimate of drug-likeness (QED) is 0.386. The first-order valence-electron chi connectivity index (χ1n) is 5.25. The molecule has 1 heterocycles. The van der Waals surface area contributed by atoms with Crippen LogP contribution in [-0.4, -0.2) is 24.3 Å². The Morgan fingerprint density at radius 2 is 2.36 bits per heavy atom. The maximum Gasteiger partial charge on any atom is 0.309 e. The van der Waals surface area contributed by atoms with Crippen molar-refractivity contribution in [2.75, 3.05) is 0 Å². The molecule has 1 saturated heterocycles. The van der Waals surface area contributed by atoms with Gasteiger partial charge in [-0.2, -0.15) is 0 Å². The molecule has 3 aliphatic rings. The van der Waals surface area contributed by atoms with E-state index in [1.807, 2.05) is 0 Å². The van der Waals surface area contributed by atoms with E-state index in [-0.39, 0.29) is 12.1 Å². The van der Waals surface area contributed by atoms with E-state index in [1.165, 1.54) is 6.42 Å². The highest BCUT2D eigenvalue weighted by molar-refractivity contribution is 5.71. The summed E-state index contributed by atoms with van der Waals surface area (Å²) in [6.07, 6.45) is 5.16. The molecule has 0 aromatic carbocycles. The molecule has 5 atom stereocenters. The SMILES string of the molecule is C=CCC(=O)OC1CC2CC1C1OC21.